The van der Waals surface area contributed by atoms with Gasteiger partial charge in [-0.05, 0) is 44.2 Å². The monoisotopic (exact) mass is 304 g/mol. The molecule has 1 aromatic rings. The zero-order chi connectivity index (χ0) is 15.9. The van der Waals surface area contributed by atoms with Crippen LogP contribution in [-0.4, -0.2) is 36.5 Å². The van der Waals surface area contributed by atoms with E-state index < -0.39 is 0 Å². The van der Waals surface area contributed by atoms with Gasteiger partial charge in [0.15, 0.2) is 0 Å². The molecule has 0 spiro atoms. The molecule has 1 aromatic carbocycles. The minimum Gasteiger partial charge on any atom is -0.494 e. The molecule has 2 rings (SSSR count). The Hall–Kier alpha value is -1.55. The zero-order valence-electron chi connectivity index (χ0n) is 13.7. The molecule has 4 nitrogen and oxygen atoms in total. The average molecular weight is 304 g/mol. The molecule has 1 amide bonds. The fourth-order valence-electron chi connectivity index (χ4n) is 2.94. The van der Waals surface area contributed by atoms with Gasteiger partial charge in [0.2, 0.25) is 5.91 Å². The Morgan fingerprint density at radius 3 is 2.77 bits per heavy atom. The van der Waals surface area contributed by atoms with E-state index in [1.165, 1.54) is 0 Å². The highest BCUT2D eigenvalue weighted by Crippen LogP contribution is 2.21. The van der Waals surface area contributed by atoms with Gasteiger partial charge in [-0.1, -0.05) is 25.1 Å². The maximum atomic E-state index is 12.5. The highest BCUT2D eigenvalue weighted by molar-refractivity contribution is 5.78. The van der Waals surface area contributed by atoms with Crippen molar-refractivity contribution in [2.45, 2.75) is 39.2 Å². The molecular formula is C18H28N2O2. The number of piperidine rings is 1. The fraction of sp³-hybridized carbons (Fsp3) is 0.611. The molecule has 0 aliphatic carbocycles. The second kappa shape index (κ2) is 8.18. The van der Waals surface area contributed by atoms with Crippen LogP contribution in [0.2, 0.25) is 0 Å². The molecule has 1 saturated heterocycles. The molecule has 3 unspecified atom stereocenters. The van der Waals surface area contributed by atoms with E-state index in [9.17, 15) is 4.79 Å². The standard InChI is InChI=1S/C18H28N2O2/c1-14(10-12-22-17-8-4-3-5-9-17)18(21)20-11-6-7-16(13-20)15(2)19/h3-5,8-9,14-16H,6-7,10-13,19H2,1-2H3. The summed E-state index contributed by atoms with van der Waals surface area (Å²) in [4.78, 5) is 14.5. The van der Waals surface area contributed by atoms with Gasteiger partial charge in [0.1, 0.15) is 5.75 Å². The molecule has 0 radical (unpaired) electrons. The van der Waals surface area contributed by atoms with Crippen molar-refractivity contribution in [3.63, 3.8) is 0 Å². The van der Waals surface area contributed by atoms with Crippen LogP contribution in [0, 0.1) is 11.8 Å². The van der Waals surface area contributed by atoms with Crippen molar-refractivity contribution in [3.8, 4) is 5.75 Å². The van der Waals surface area contributed by atoms with Gasteiger partial charge in [0.25, 0.3) is 0 Å². The molecule has 0 aromatic heterocycles. The Bertz CT molecular complexity index is 461. The lowest BCUT2D eigenvalue weighted by Gasteiger charge is -2.36. The van der Waals surface area contributed by atoms with Crippen LogP contribution >= 0.6 is 0 Å². The van der Waals surface area contributed by atoms with Crippen molar-refractivity contribution in [2.24, 2.45) is 17.6 Å². The van der Waals surface area contributed by atoms with Crippen LogP contribution in [0.5, 0.6) is 5.75 Å². The normalized spacial score (nSPS) is 21.2. The molecule has 0 bridgehead atoms. The Morgan fingerprint density at radius 1 is 1.36 bits per heavy atom. The van der Waals surface area contributed by atoms with E-state index in [-0.39, 0.29) is 17.9 Å². The van der Waals surface area contributed by atoms with Crippen LogP contribution in [-0.2, 0) is 4.79 Å². The highest BCUT2D eigenvalue weighted by atomic mass is 16.5. The number of carbonyl (C=O) groups excluding carboxylic acids is 1. The molecule has 2 N–H and O–H groups in total. The van der Waals surface area contributed by atoms with E-state index in [0.717, 1.165) is 38.1 Å². The van der Waals surface area contributed by atoms with Crippen LogP contribution in [0.3, 0.4) is 0 Å². The van der Waals surface area contributed by atoms with Crippen LogP contribution in [0.4, 0.5) is 0 Å². The lowest BCUT2D eigenvalue weighted by molar-refractivity contribution is -0.137. The highest BCUT2D eigenvalue weighted by Gasteiger charge is 2.28. The lowest BCUT2D eigenvalue weighted by Crippen LogP contribution is -2.46. The Morgan fingerprint density at radius 2 is 2.09 bits per heavy atom. The number of para-hydroxylation sites is 1. The first-order valence-corrected chi connectivity index (χ1v) is 8.30. The SMILES string of the molecule is CC(CCOc1ccccc1)C(=O)N1CCCC(C(C)N)C1. The van der Waals surface area contributed by atoms with Crippen LogP contribution in [0.25, 0.3) is 0 Å². The van der Waals surface area contributed by atoms with E-state index >= 15 is 0 Å². The van der Waals surface area contributed by atoms with Crippen LogP contribution in [0.15, 0.2) is 30.3 Å². The summed E-state index contributed by atoms with van der Waals surface area (Å²) in [7, 11) is 0. The topological polar surface area (TPSA) is 55.6 Å². The number of benzene rings is 1. The maximum absolute atomic E-state index is 12.5. The summed E-state index contributed by atoms with van der Waals surface area (Å²) in [6, 6.07) is 9.89. The van der Waals surface area contributed by atoms with Crippen LogP contribution in [0.1, 0.15) is 33.1 Å². The summed E-state index contributed by atoms with van der Waals surface area (Å²) in [6.45, 7) is 6.27. The van der Waals surface area contributed by atoms with Crippen molar-refractivity contribution in [1.82, 2.24) is 4.90 Å². The quantitative estimate of drug-likeness (QED) is 0.879. The number of nitrogens with zero attached hydrogens (tertiary/aromatic N) is 1. The van der Waals surface area contributed by atoms with Gasteiger partial charge < -0.3 is 15.4 Å². The van der Waals surface area contributed by atoms with E-state index in [2.05, 4.69) is 0 Å². The van der Waals surface area contributed by atoms with Crippen molar-refractivity contribution in [2.75, 3.05) is 19.7 Å². The zero-order valence-corrected chi connectivity index (χ0v) is 13.7. The van der Waals surface area contributed by atoms with Crippen molar-refractivity contribution >= 4 is 5.91 Å². The molecule has 1 heterocycles. The Balaban J connectivity index is 1.76. The fourth-order valence-corrected chi connectivity index (χ4v) is 2.94. The van der Waals surface area contributed by atoms with Crippen molar-refractivity contribution < 1.29 is 9.53 Å². The molecule has 3 atom stereocenters. The third kappa shape index (κ3) is 4.73. The van der Waals surface area contributed by atoms with E-state index in [1.807, 2.05) is 49.1 Å². The van der Waals surface area contributed by atoms with Gasteiger partial charge in [0, 0.05) is 25.0 Å². The third-order valence-corrected chi connectivity index (χ3v) is 4.50. The van der Waals surface area contributed by atoms with Crippen LogP contribution < -0.4 is 10.5 Å². The second-order valence-electron chi connectivity index (χ2n) is 6.40. The van der Waals surface area contributed by atoms with E-state index in [1.54, 1.807) is 0 Å². The number of ether oxygens (including phenoxy) is 1. The largest absolute Gasteiger partial charge is 0.494 e. The molecule has 1 aliphatic heterocycles. The predicted octanol–water partition coefficient (Wildman–Crippen LogP) is 2.68. The summed E-state index contributed by atoms with van der Waals surface area (Å²) in [5, 5.41) is 0. The number of hydrogen-bond donors (Lipinski definition) is 1. The number of hydrogen-bond acceptors (Lipinski definition) is 3. The lowest BCUT2D eigenvalue weighted by atomic mass is 9.91. The molecule has 122 valence electrons. The Labute approximate surface area is 133 Å². The minimum absolute atomic E-state index is 0.00413. The molecular weight excluding hydrogens is 276 g/mol. The summed E-state index contributed by atoms with van der Waals surface area (Å²) in [5.74, 6) is 1.53. The maximum Gasteiger partial charge on any atom is 0.225 e. The van der Waals surface area contributed by atoms with Gasteiger partial charge >= 0.3 is 0 Å². The van der Waals surface area contributed by atoms with Gasteiger partial charge in [-0.25, -0.2) is 0 Å². The number of amides is 1. The molecule has 0 saturated carbocycles. The summed E-state index contributed by atoms with van der Waals surface area (Å²) < 4.78 is 5.68. The Kier molecular flexibility index (Phi) is 6.25. The van der Waals surface area contributed by atoms with Crippen molar-refractivity contribution in [3.05, 3.63) is 30.3 Å². The number of likely N-dealkylation sites (tertiary alicyclic amines) is 1. The first-order chi connectivity index (χ1) is 10.6. The van der Waals surface area contributed by atoms with E-state index in [4.69, 9.17) is 10.5 Å². The predicted molar refractivity (Wildman–Crippen MR) is 88.7 cm³/mol. The van der Waals surface area contributed by atoms with Gasteiger partial charge in [0.05, 0.1) is 6.61 Å². The van der Waals surface area contributed by atoms with E-state index in [0.29, 0.717) is 12.5 Å². The second-order valence-corrected chi connectivity index (χ2v) is 6.40. The molecule has 22 heavy (non-hydrogen) atoms. The molecule has 1 aliphatic rings. The first-order valence-electron chi connectivity index (χ1n) is 8.30. The van der Waals surface area contributed by atoms with Gasteiger partial charge in [-0.2, -0.15) is 0 Å². The summed E-state index contributed by atoms with van der Waals surface area (Å²) in [6.07, 6.45) is 2.94. The van der Waals surface area contributed by atoms with Crippen molar-refractivity contribution in [1.29, 1.82) is 0 Å². The number of nitrogens with two attached hydrogens (primary N) is 1. The third-order valence-electron chi connectivity index (χ3n) is 4.50. The minimum atomic E-state index is -0.00413. The first kappa shape index (κ1) is 16.8. The van der Waals surface area contributed by atoms with Gasteiger partial charge in [-0.3, -0.25) is 4.79 Å². The molecule has 4 heteroatoms. The summed E-state index contributed by atoms with van der Waals surface area (Å²) in [5.41, 5.74) is 5.99. The number of carbonyl (C=O) groups is 1. The summed E-state index contributed by atoms with van der Waals surface area (Å²) >= 11 is 0. The molecule has 1 fully saturated rings. The number of rotatable bonds is 6. The van der Waals surface area contributed by atoms with Gasteiger partial charge in [-0.15, -0.1) is 0 Å². The smallest absolute Gasteiger partial charge is 0.225 e. The average Bonchev–Trinajstić information content (AvgIpc) is 2.55.